The maximum absolute atomic E-state index is 8.45. The first kappa shape index (κ1) is 18.9. The molecule has 0 amide bonds. The van der Waals surface area contributed by atoms with Crippen LogP contribution < -0.4 is 0 Å². The van der Waals surface area contributed by atoms with Gasteiger partial charge in [0.1, 0.15) is 0 Å². The summed E-state index contributed by atoms with van der Waals surface area (Å²) in [6.07, 6.45) is 7.88. The molecule has 0 bridgehead atoms. The van der Waals surface area contributed by atoms with E-state index < -0.39 is 0 Å². The zero-order valence-electron chi connectivity index (χ0n) is 14.0. The number of hydrogen-bond acceptors (Lipinski definition) is 1. The highest BCUT2D eigenvalue weighted by molar-refractivity contribution is 5.34. The Labute approximate surface area is 130 Å². The number of benzene rings is 1. The van der Waals surface area contributed by atoms with Crippen molar-refractivity contribution in [3.05, 3.63) is 71.3 Å². The Morgan fingerprint density at radius 2 is 1.95 bits per heavy atom. The minimum absolute atomic E-state index is 0.648. The molecule has 0 saturated carbocycles. The van der Waals surface area contributed by atoms with E-state index in [1.807, 2.05) is 13.0 Å². The Bertz CT molecular complexity index is 539. The Hall–Kier alpha value is -2.07. The van der Waals surface area contributed by atoms with Crippen molar-refractivity contribution in [1.29, 1.82) is 5.26 Å². The van der Waals surface area contributed by atoms with Gasteiger partial charge >= 0.3 is 0 Å². The van der Waals surface area contributed by atoms with Crippen molar-refractivity contribution in [1.82, 2.24) is 0 Å². The number of hydrogen-bond donors (Lipinski definition) is 0. The van der Waals surface area contributed by atoms with E-state index in [1.165, 1.54) is 16.7 Å². The Kier molecular flexibility index (Phi) is 9.63. The third kappa shape index (κ3) is 7.32. The van der Waals surface area contributed by atoms with Crippen LogP contribution in [0.5, 0.6) is 0 Å². The third-order valence-corrected chi connectivity index (χ3v) is 3.34. The van der Waals surface area contributed by atoms with E-state index in [0.717, 1.165) is 12.0 Å². The molecule has 1 rings (SSSR count). The fourth-order valence-electron chi connectivity index (χ4n) is 1.88. The summed E-state index contributed by atoms with van der Waals surface area (Å²) >= 11 is 0. The van der Waals surface area contributed by atoms with E-state index in [9.17, 15) is 0 Å². The fraction of sp³-hybridized carbons (Fsp3) is 0.350. The van der Waals surface area contributed by atoms with Gasteiger partial charge in [0.05, 0.1) is 6.07 Å². The predicted molar refractivity (Wildman–Crippen MR) is 93.3 cm³/mol. The van der Waals surface area contributed by atoms with Crippen LogP contribution in [0, 0.1) is 25.2 Å². The lowest BCUT2D eigenvalue weighted by Crippen LogP contribution is -1.93. The monoisotopic (exact) mass is 281 g/mol. The molecule has 0 saturated heterocycles. The van der Waals surface area contributed by atoms with E-state index in [0.29, 0.717) is 5.92 Å². The van der Waals surface area contributed by atoms with Gasteiger partial charge < -0.3 is 0 Å². The first-order chi connectivity index (χ1) is 9.97. The van der Waals surface area contributed by atoms with Crippen LogP contribution in [0.4, 0.5) is 0 Å². The topological polar surface area (TPSA) is 23.8 Å². The highest BCUT2D eigenvalue weighted by atomic mass is 14.2. The van der Waals surface area contributed by atoms with Crippen LogP contribution in [0.2, 0.25) is 0 Å². The standard InChI is InChI=1S/C11H16.C9H11N/c1-8(2)11-7-5-6-9(3)10(11)4;1-3-5-6-7-9(4-2)8-10/h5-8H,1-4H3;3,5-7H,1,4H2,2H3/b;6-5-,9-7+. The van der Waals surface area contributed by atoms with Gasteiger partial charge in [-0.15, -0.1) is 0 Å². The van der Waals surface area contributed by atoms with Crippen LogP contribution in [0.3, 0.4) is 0 Å². The Morgan fingerprint density at radius 1 is 1.29 bits per heavy atom. The first-order valence-electron chi connectivity index (χ1n) is 7.42. The molecule has 1 aromatic carbocycles. The molecule has 0 aliphatic carbocycles. The zero-order valence-corrected chi connectivity index (χ0v) is 14.0. The number of nitrogens with zero attached hydrogens (tertiary/aromatic N) is 1. The number of nitriles is 1. The van der Waals surface area contributed by atoms with Crippen LogP contribution in [-0.2, 0) is 0 Å². The van der Waals surface area contributed by atoms with E-state index in [1.54, 1.807) is 18.2 Å². The average molecular weight is 281 g/mol. The number of allylic oxidation sites excluding steroid dienone is 5. The van der Waals surface area contributed by atoms with Crippen molar-refractivity contribution in [2.75, 3.05) is 0 Å². The number of aryl methyl sites for hydroxylation is 1. The maximum Gasteiger partial charge on any atom is 0.0946 e. The lowest BCUT2D eigenvalue weighted by atomic mass is 9.95. The lowest BCUT2D eigenvalue weighted by Gasteiger charge is -2.10. The SMILES string of the molecule is C=C/C=C\C=C(\C#N)CC.Cc1cccc(C(C)C)c1C. The largest absolute Gasteiger partial charge is 0.193 e. The van der Waals surface area contributed by atoms with Crippen LogP contribution in [0.25, 0.3) is 0 Å². The summed E-state index contributed by atoms with van der Waals surface area (Å²) in [6, 6.07) is 8.61. The zero-order chi connectivity index (χ0) is 16.3. The quantitative estimate of drug-likeness (QED) is 0.489. The van der Waals surface area contributed by atoms with Crippen molar-refractivity contribution in [2.24, 2.45) is 0 Å². The van der Waals surface area contributed by atoms with Gasteiger partial charge in [-0.05, 0) is 49.0 Å². The van der Waals surface area contributed by atoms with Crippen molar-refractivity contribution in [3.8, 4) is 6.07 Å². The summed E-state index contributed by atoms with van der Waals surface area (Å²) in [5, 5.41) is 8.45. The molecule has 0 spiro atoms. The van der Waals surface area contributed by atoms with Gasteiger partial charge in [0, 0.05) is 5.57 Å². The highest BCUT2D eigenvalue weighted by Crippen LogP contribution is 2.20. The molecule has 0 unspecified atom stereocenters. The molecule has 112 valence electrons. The van der Waals surface area contributed by atoms with Crippen molar-refractivity contribution >= 4 is 0 Å². The van der Waals surface area contributed by atoms with E-state index >= 15 is 0 Å². The molecule has 0 radical (unpaired) electrons. The Balaban J connectivity index is 0.000000384. The second kappa shape index (κ2) is 10.7. The van der Waals surface area contributed by atoms with E-state index in [2.05, 4.69) is 58.5 Å². The minimum Gasteiger partial charge on any atom is -0.193 e. The summed E-state index contributed by atoms with van der Waals surface area (Å²) in [4.78, 5) is 0. The predicted octanol–water partition coefficient (Wildman–Crippen LogP) is 6.02. The van der Waals surface area contributed by atoms with Crippen LogP contribution in [0.15, 0.2) is 54.7 Å². The lowest BCUT2D eigenvalue weighted by molar-refractivity contribution is 0.854. The van der Waals surface area contributed by atoms with Gasteiger partial charge in [-0.25, -0.2) is 0 Å². The molecule has 21 heavy (non-hydrogen) atoms. The van der Waals surface area contributed by atoms with E-state index in [-0.39, 0.29) is 0 Å². The maximum atomic E-state index is 8.45. The molecule has 0 fully saturated rings. The minimum atomic E-state index is 0.648. The summed E-state index contributed by atoms with van der Waals surface area (Å²) < 4.78 is 0. The van der Waals surface area contributed by atoms with Gasteiger partial charge in [0.15, 0.2) is 0 Å². The van der Waals surface area contributed by atoms with Gasteiger partial charge in [-0.3, -0.25) is 0 Å². The smallest absolute Gasteiger partial charge is 0.0946 e. The van der Waals surface area contributed by atoms with Crippen LogP contribution in [0.1, 0.15) is 49.8 Å². The molecule has 0 aromatic heterocycles. The molecular weight excluding hydrogens is 254 g/mol. The summed E-state index contributed by atoms with van der Waals surface area (Å²) in [6.45, 7) is 14.3. The molecule has 0 atom stereocenters. The number of rotatable bonds is 4. The second-order valence-corrected chi connectivity index (χ2v) is 5.22. The Morgan fingerprint density at radius 3 is 2.38 bits per heavy atom. The summed E-state index contributed by atoms with van der Waals surface area (Å²) in [5.41, 5.74) is 5.11. The fourth-order valence-corrected chi connectivity index (χ4v) is 1.88. The molecule has 0 N–H and O–H groups in total. The van der Waals surface area contributed by atoms with Gasteiger partial charge in [-0.2, -0.15) is 5.26 Å². The van der Waals surface area contributed by atoms with Gasteiger partial charge in [0.25, 0.3) is 0 Å². The summed E-state index contributed by atoms with van der Waals surface area (Å²) in [5.74, 6) is 0.648. The van der Waals surface area contributed by atoms with Crippen molar-refractivity contribution in [3.63, 3.8) is 0 Å². The second-order valence-electron chi connectivity index (χ2n) is 5.22. The summed E-state index contributed by atoms with van der Waals surface area (Å²) in [7, 11) is 0. The normalized spacial score (nSPS) is 11.0. The average Bonchev–Trinajstić information content (AvgIpc) is 2.47. The van der Waals surface area contributed by atoms with Gasteiger partial charge in [0.2, 0.25) is 0 Å². The molecule has 0 aliphatic rings. The molecule has 0 heterocycles. The molecule has 1 heteroatoms. The molecular formula is C20H27N. The van der Waals surface area contributed by atoms with E-state index in [4.69, 9.17) is 5.26 Å². The molecule has 1 aromatic rings. The first-order valence-corrected chi connectivity index (χ1v) is 7.42. The van der Waals surface area contributed by atoms with Crippen molar-refractivity contribution < 1.29 is 0 Å². The van der Waals surface area contributed by atoms with Crippen LogP contribution in [-0.4, -0.2) is 0 Å². The highest BCUT2D eigenvalue weighted by Gasteiger charge is 2.03. The third-order valence-electron chi connectivity index (χ3n) is 3.34. The van der Waals surface area contributed by atoms with Gasteiger partial charge in [-0.1, -0.05) is 63.8 Å². The molecule has 0 aliphatic heterocycles. The van der Waals surface area contributed by atoms with Crippen LogP contribution >= 0.6 is 0 Å². The molecule has 1 nitrogen and oxygen atoms in total. The van der Waals surface area contributed by atoms with Crippen molar-refractivity contribution in [2.45, 2.75) is 47.0 Å².